The molecule has 4 rings (SSSR count). The maximum absolute atomic E-state index is 13.5. The summed E-state index contributed by atoms with van der Waals surface area (Å²) in [6.07, 6.45) is 1.95. The number of nitrogens with zero attached hydrogens (tertiary/aromatic N) is 5. The highest BCUT2D eigenvalue weighted by Gasteiger charge is 2.32. The Balaban J connectivity index is 1.62. The molecule has 2 fully saturated rings. The monoisotopic (exact) mass is 455 g/mol. The van der Waals surface area contributed by atoms with Crippen molar-refractivity contribution in [1.29, 1.82) is 0 Å². The van der Waals surface area contributed by atoms with E-state index in [1.165, 1.54) is 12.1 Å². The van der Waals surface area contributed by atoms with Crippen LogP contribution in [-0.4, -0.2) is 64.8 Å². The van der Waals surface area contributed by atoms with Crippen LogP contribution in [0.5, 0.6) is 0 Å². The minimum absolute atomic E-state index is 0.0612. The molecule has 0 radical (unpaired) electrons. The average Bonchev–Trinajstić information content (AvgIpc) is 3.18. The first-order chi connectivity index (χ1) is 15.6. The Morgan fingerprint density at radius 3 is 2.36 bits per heavy atom. The minimum atomic E-state index is -0.518. The lowest BCUT2D eigenvalue weighted by atomic mass is 10.1. The number of amides is 1. The van der Waals surface area contributed by atoms with Crippen molar-refractivity contribution in [3.8, 4) is 11.3 Å². The number of halogens is 1. The third-order valence-electron chi connectivity index (χ3n) is 6.22. The van der Waals surface area contributed by atoms with Crippen LogP contribution in [0.15, 0.2) is 30.3 Å². The van der Waals surface area contributed by atoms with E-state index in [0.29, 0.717) is 31.6 Å². The summed E-state index contributed by atoms with van der Waals surface area (Å²) in [5.41, 5.74) is 1.11. The molecule has 8 heteroatoms. The van der Waals surface area contributed by atoms with Crippen molar-refractivity contribution in [3.05, 3.63) is 36.1 Å². The van der Waals surface area contributed by atoms with Crippen LogP contribution >= 0.6 is 0 Å². The first kappa shape index (κ1) is 23.3. The van der Waals surface area contributed by atoms with Gasteiger partial charge in [-0.2, -0.15) is 4.98 Å². The quantitative estimate of drug-likeness (QED) is 0.668. The van der Waals surface area contributed by atoms with E-state index in [4.69, 9.17) is 14.7 Å². The zero-order valence-corrected chi connectivity index (χ0v) is 20.2. The lowest BCUT2D eigenvalue weighted by molar-refractivity contribution is 0.0218. The molecule has 0 spiro atoms. The molecular formula is C25H34FN5O2. The molecule has 2 atom stereocenters. The number of hydrogen-bond donors (Lipinski definition) is 0. The lowest BCUT2D eigenvalue weighted by Crippen LogP contribution is -2.55. The molecule has 1 aromatic carbocycles. The first-order valence-electron chi connectivity index (χ1n) is 11.8. The summed E-state index contributed by atoms with van der Waals surface area (Å²) in [6, 6.07) is 8.82. The van der Waals surface area contributed by atoms with Crippen LogP contribution in [0.3, 0.4) is 0 Å². The number of piperazine rings is 1. The minimum Gasteiger partial charge on any atom is -0.444 e. The van der Waals surface area contributed by atoms with Gasteiger partial charge in [0.15, 0.2) is 0 Å². The molecule has 1 amide bonds. The largest absolute Gasteiger partial charge is 0.444 e. The van der Waals surface area contributed by atoms with Crippen molar-refractivity contribution < 1.29 is 13.9 Å². The van der Waals surface area contributed by atoms with Crippen LogP contribution in [0.4, 0.5) is 21.0 Å². The third-order valence-corrected chi connectivity index (χ3v) is 6.22. The van der Waals surface area contributed by atoms with Crippen molar-refractivity contribution in [3.63, 3.8) is 0 Å². The highest BCUT2D eigenvalue weighted by molar-refractivity contribution is 5.69. The maximum Gasteiger partial charge on any atom is 0.410 e. The molecule has 33 heavy (non-hydrogen) atoms. The Kier molecular flexibility index (Phi) is 6.45. The van der Waals surface area contributed by atoms with Crippen LogP contribution in [0, 0.1) is 5.82 Å². The molecule has 2 saturated heterocycles. The van der Waals surface area contributed by atoms with Crippen LogP contribution in [0.25, 0.3) is 11.3 Å². The number of rotatable bonds is 3. The Morgan fingerprint density at radius 2 is 1.76 bits per heavy atom. The second-order valence-corrected chi connectivity index (χ2v) is 10.1. The van der Waals surface area contributed by atoms with Crippen LogP contribution in [0.2, 0.25) is 0 Å². The fourth-order valence-electron chi connectivity index (χ4n) is 4.49. The van der Waals surface area contributed by atoms with Crippen LogP contribution in [0.1, 0.15) is 47.5 Å². The third kappa shape index (κ3) is 5.37. The molecule has 2 aliphatic rings. The van der Waals surface area contributed by atoms with Gasteiger partial charge in [-0.05, 0) is 71.7 Å². The van der Waals surface area contributed by atoms with Crippen molar-refractivity contribution in [2.45, 2.75) is 65.1 Å². The van der Waals surface area contributed by atoms with Crippen molar-refractivity contribution >= 4 is 17.9 Å². The van der Waals surface area contributed by atoms with Gasteiger partial charge >= 0.3 is 6.09 Å². The summed E-state index contributed by atoms with van der Waals surface area (Å²) in [5, 5.41) is 0. The van der Waals surface area contributed by atoms with Gasteiger partial charge in [0.1, 0.15) is 17.2 Å². The summed E-state index contributed by atoms with van der Waals surface area (Å²) >= 11 is 0. The normalized spacial score (nSPS) is 21.5. The molecule has 0 aliphatic carbocycles. The van der Waals surface area contributed by atoms with Crippen molar-refractivity contribution in [1.82, 2.24) is 14.9 Å². The van der Waals surface area contributed by atoms with Crippen molar-refractivity contribution in [2.24, 2.45) is 0 Å². The highest BCUT2D eigenvalue weighted by Crippen LogP contribution is 2.30. The van der Waals surface area contributed by atoms with E-state index in [0.717, 1.165) is 36.5 Å². The molecule has 3 heterocycles. The average molecular weight is 456 g/mol. The molecule has 0 saturated carbocycles. The van der Waals surface area contributed by atoms with Crippen LogP contribution < -0.4 is 9.80 Å². The molecule has 2 aliphatic heterocycles. The number of carbonyl (C=O) groups excluding carboxylic acids is 1. The Bertz CT molecular complexity index is 991. The Hall–Kier alpha value is -2.90. The van der Waals surface area contributed by atoms with Gasteiger partial charge in [0.2, 0.25) is 5.95 Å². The fraction of sp³-hybridized carbons (Fsp3) is 0.560. The summed E-state index contributed by atoms with van der Waals surface area (Å²) in [7, 11) is 0. The molecule has 178 valence electrons. The molecular weight excluding hydrogens is 421 g/mol. The molecule has 0 N–H and O–H groups in total. The van der Waals surface area contributed by atoms with Gasteiger partial charge in [-0.25, -0.2) is 14.2 Å². The van der Waals surface area contributed by atoms with E-state index in [-0.39, 0.29) is 18.0 Å². The molecule has 1 aromatic heterocycles. The van der Waals surface area contributed by atoms with E-state index in [2.05, 4.69) is 23.6 Å². The molecule has 0 bridgehead atoms. The zero-order chi connectivity index (χ0) is 23.8. The highest BCUT2D eigenvalue weighted by atomic mass is 19.1. The van der Waals surface area contributed by atoms with Gasteiger partial charge in [-0.1, -0.05) is 0 Å². The zero-order valence-electron chi connectivity index (χ0n) is 20.2. The van der Waals surface area contributed by atoms with E-state index < -0.39 is 5.60 Å². The predicted molar refractivity (Wildman–Crippen MR) is 128 cm³/mol. The van der Waals surface area contributed by atoms with Gasteiger partial charge in [0, 0.05) is 49.9 Å². The topological polar surface area (TPSA) is 61.8 Å². The Morgan fingerprint density at radius 1 is 1.03 bits per heavy atom. The second kappa shape index (κ2) is 9.15. The SMILES string of the molecule is CC1CN(C(=O)OC(C)(C)C)CCN1c1cc(-c2ccc(F)cc2)nc(N2CCCC2C)n1. The van der Waals surface area contributed by atoms with Gasteiger partial charge in [-0.3, -0.25) is 0 Å². The lowest BCUT2D eigenvalue weighted by Gasteiger charge is -2.41. The number of anilines is 2. The fourth-order valence-corrected chi connectivity index (χ4v) is 4.49. The summed E-state index contributed by atoms with van der Waals surface area (Å²) < 4.78 is 19.1. The maximum atomic E-state index is 13.5. The van der Waals surface area contributed by atoms with Crippen LogP contribution in [-0.2, 0) is 4.74 Å². The molecule has 2 aromatic rings. The predicted octanol–water partition coefficient (Wildman–Crippen LogP) is 4.72. The second-order valence-electron chi connectivity index (χ2n) is 10.1. The summed E-state index contributed by atoms with van der Waals surface area (Å²) in [4.78, 5) is 28.6. The van der Waals surface area contributed by atoms with Gasteiger partial charge in [-0.15, -0.1) is 0 Å². The van der Waals surface area contributed by atoms with Gasteiger partial charge in [0.25, 0.3) is 0 Å². The van der Waals surface area contributed by atoms with E-state index in [1.54, 1.807) is 17.0 Å². The first-order valence-corrected chi connectivity index (χ1v) is 11.8. The summed E-state index contributed by atoms with van der Waals surface area (Å²) in [6.45, 7) is 12.6. The van der Waals surface area contributed by atoms with E-state index in [9.17, 15) is 9.18 Å². The number of ether oxygens (including phenoxy) is 1. The smallest absolute Gasteiger partial charge is 0.410 e. The number of aromatic nitrogens is 2. The summed E-state index contributed by atoms with van der Waals surface area (Å²) in [5.74, 6) is 1.27. The van der Waals surface area contributed by atoms with Gasteiger partial charge < -0.3 is 19.4 Å². The standard InChI is InChI=1S/C25H34FN5O2/c1-17-7-6-12-31(17)23-27-21(19-8-10-20(26)11-9-19)15-22(28-23)30-14-13-29(16-18(30)2)24(32)33-25(3,4)5/h8-11,15,17-18H,6-7,12-14,16H2,1-5H3. The number of benzene rings is 1. The number of carbonyl (C=O) groups is 1. The van der Waals surface area contributed by atoms with Gasteiger partial charge in [0.05, 0.1) is 5.69 Å². The Labute approximate surface area is 195 Å². The molecule has 2 unspecified atom stereocenters. The molecule has 7 nitrogen and oxygen atoms in total. The van der Waals surface area contributed by atoms with Crippen molar-refractivity contribution in [2.75, 3.05) is 36.0 Å². The van der Waals surface area contributed by atoms with E-state index >= 15 is 0 Å². The van der Waals surface area contributed by atoms with E-state index in [1.807, 2.05) is 26.8 Å². The number of hydrogen-bond acceptors (Lipinski definition) is 6.